The number of anilines is 1. The molecule has 28 heavy (non-hydrogen) atoms. The van der Waals surface area contributed by atoms with Crippen molar-refractivity contribution in [3.63, 3.8) is 0 Å². The summed E-state index contributed by atoms with van der Waals surface area (Å²) in [7, 11) is -3.74. The normalized spacial score (nSPS) is 16.8. The first kappa shape index (κ1) is 18.8. The van der Waals surface area contributed by atoms with Crippen LogP contribution in [-0.4, -0.2) is 57.2 Å². The summed E-state index contributed by atoms with van der Waals surface area (Å²) in [6, 6.07) is 0. The number of fused-ring (bicyclic) bond motifs is 1. The zero-order valence-electron chi connectivity index (χ0n) is 15.4. The minimum absolute atomic E-state index is 0.0891. The van der Waals surface area contributed by atoms with E-state index in [2.05, 4.69) is 24.9 Å². The molecule has 0 radical (unpaired) electrons. The molecule has 12 heteroatoms. The molecule has 4 N–H and O–H groups in total. The number of nitrogens with two attached hydrogens (primary N) is 2. The summed E-state index contributed by atoms with van der Waals surface area (Å²) in [4.78, 5) is 8.71. The number of nitrogens with zero attached hydrogens (tertiary/aromatic N) is 6. The van der Waals surface area contributed by atoms with Gasteiger partial charge in [0.1, 0.15) is 10.4 Å². The van der Waals surface area contributed by atoms with Gasteiger partial charge in [-0.3, -0.25) is 4.98 Å². The molecule has 4 rings (SSSR count). The highest BCUT2D eigenvalue weighted by Crippen LogP contribution is 2.32. The average Bonchev–Trinajstić information content (AvgIpc) is 3.30. The first-order chi connectivity index (χ1) is 13.5. The van der Waals surface area contributed by atoms with Crippen LogP contribution < -0.4 is 11.5 Å². The van der Waals surface area contributed by atoms with E-state index in [1.807, 2.05) is 6.92 Å². The largest absolute Gasteiger partial charge is 0.379 e. The Balaban J connectivity index is 1.84. The molecule has 0 aromatic carbocycles. The number of hydrogen-bond donors (Lipinski definition) is 2. The molecular formula is C16H22N8O3S. The predicted octanol–water partition coefficient (Wildman–Crippen LogP) is 0.443. The highest BCUT2D eigenvalue weighted by atomic mass is 32.2. The van der Waals surface area contributed by atoms with Crippen molar-refractivity contribution in [1.82, 2.24) is 29.2 Å². The van der Waals surface area contributed by atoms with E-state index in [1.54, 1.807) is 4.57 Å². The predicted molar refractivity (Wildman–Crippen MR) is 101 cm³/mol. The summed E-state index contributed by atoms with van der Waals surface area (Å²) in [5.74, 6) is 0.838. The number of nitrogen functional groups attached to an aromatic ring is 1. The van der Waals surface area contributed by atoms with E-state index in [1.165, 1.54) is 16.7 Å². The number of imidazole rings is 1. The zero-order chi connectivity index (χ0) is 19.9. The Labute approximate surface area is 161 Å². The van der Waals surface area contributed by atoms with Crippen molar-refractivity contribution < 1.29 is 13.0 Å². The fourth-order valence-corrected chi connectivity index (χ4v) is 5.23. The number of hydrogen-bond acceptors (Lipinski definition) is 9. The molecule has 4 heterocycles. The maximum atomic E-state index is 13.4. The molecule has 150 valence electrons. The van der Waals surface area contributed by atoms with Crippen molar-refractivity contribution in [2.45, 2.75) is 31.2 Å². The molecular weight excluding hydrogens is 384 g/mol. The Hall–Kier alpha value is -2.57. The second kappa shape index (κ2) is 7.11. The van der Waals surface area contributed by atoms with Gasteiger partial charge in [-0.15, -0.1) is 0 Å². The summed E-state index contributed by atoms with van der Waals surface area (Å²) in [5.41, 5.74) is 12.7. The van der Waals surface area contributed by atoms with Gasteiger partial charge in [0.2, 0.25) is 10.0 Å². The SMILES string of the molecule is CCn1c(-c2nonc2N)nc2cncc(S(=O)(=O)N3CCC(CN)CC3)c21. The molecule has 0 atom stereocenters. The summed E-state index contributed by atoms with van der Waals surface area (Å²) in [5, 5.41) is 7.39. The third-order valence-corrected chi connectivity index (χ3v) is 7.08. The van der Waals surface area contributed by atoms with E-state index in [4.69, 9.17) is 11.5 Å². The molecule has 1 saturated heterocycles. The van der Waals surface area contributed by atoms with E-state index in [9.17, 15) is 8.42 Å². The first-order valence-corrected chi connectivity index (χ1v) is 10.5. The lowest BCUT2D eigenvalue weighted by Gasteiger charge is -2.30. The monoisotopic (exact) mass is 406 g/mol. The Morgan fingerprint density at radius 1 is 1.25 bits per heavy atom. The standard InChI is InChI=1S/C16H22N8O3S/c1-2-24-14-11(20-16(24)13-15(18)22-27-21-13)8-19-9-12(14)28(25,26)23-5-3-10(7-17)4-6-23/h8-10H,2-7,17H2,1H3,(H2,18,22). The quantitative estimate of drug-likeness (QED) is 0.613. The van der Waals surface area contributed by atoms with Crippen LogP contribution in [0.5, 0.6) is 0 Å². The number of sulfonamides is 1. The number of pyridine rings is 1. The minimum Gasteiger partial charge on any atom is -0.379 e. The molecule has 0 spiro atoms. The molecule has 1 aliphatic heterocycles. The summed E-state index contributed by atoms with van der Waals surface area (Å²) < 4.78 is 34.7. The molecule has 0 bridgehead atoms. The van der Waals surface area contributed by atoms with Gasteiger partial charge in [0, 0.05) is 25.8 Å². The highest BCUT2D eigenvalue weighted by molar-refractivity contribution is 7.89. The molecule has 0 amide bonds. The Bertz CT molecular complexity index is 1100. The van der Waals surface area contributed by atoms with Crippen LogP contribution in [0.3, 0.4) is 0 Å². The van der Waals surface area contributed by atoms with Crippen LogP contribution in [0, 0.1) is 5.92 Å². The Kier molecular flexibility index (Phi) is 4.77. The molecule has 3 aromatic heterocycles. The van der Waals surface area contributed by atoms with Crippen molar-refractivity contribution in [2.75, 3.05) is 25.4 Å². The fourth-order valence-electron chi connectivity index (χ4n) is 3.61. The smallest absolute Gasteiger partial charge is 0.246 e. The molecule has 1 fully saturated rings. The highest BCUT2D eigenvalue weighted by Gasteiger charge is 2.32. The van der Waals surface area contributed by atoms with E-state index in [-0.39, 0.29) is 16.4 Å². The van der Waals surface area contributed by atoms with Crippen molar-refractivity contribution in [3.8, 4) is 11.5 Å². The van der Waals surface area contributed by atoms with Gasteiger partial charge in [-0.2, -0.15) is 4.31 Å². The topological polar surface area (TPSA) is 159 Å². The van der Waals surface area contributed by atoms with Crippen LogP contribution in [0.4, 0.5) is 5.82 Å². The van der Waals surface area contributed by atoms with Gasteiger partial charge in [0.25, 0.3) is 0 Å². The first-order valence-electron chi connectivity index (χ1n) is 9.10. The molecule has 0 aliphatic carbocycles. The molecule has 3 aromatic rings. The number of aromatic nitrogens is 5. The third-order valence-electron chi connectivity index (χ3n) is 5.18. The van der Waals surface area contributed by atoms with Crippen molar-refractivity contribution in [2.24, 2.45) is 11.7 Å². The number of rotatable bonds is 5. The lowest BCUT2D eigenvalue weighted by atomic mass is 9.99. The van der Waals surface area contributed by atoms with E-state index in [0.29, 0.717) is 49.0 Å². The molecule has 0 saturated carbocycles. The van der Waals surface area contributed by atoms with Crippen molar-refractivity contribution in [1.29, 1.82) is 0 Å². The van der Waals surface area contributed by atoms with E-state index >= 15 is 0 Å². The van der Waals surface area contributed by atoms with Gasteiger partial charge >= 0.3 is 0 Å². The lowest BCUT2D eigenvalue weighted by molar-refractivity contribution is 0.278. The molecule has 1 aliphatic rings. The van der Waals surface area contributed by atoms with Gasteiger partial charge in [0.15, 0.2) is 17.3 Å². The summed E-state index contributed by atoms with van der Waals surface area (Å²) in [6.07, 6.45) is 4.39. The van der Waals surface area contributed by atoms with Gasteiger partial charge in [-0.1, -0.05) is 0 Å². The zero-order valence-corrected chi connectivity index (χ0v) is 16.3. The maximum absolute atomic E-state index is 13.4. The second-order valence-corrected chi connectivity index (χ2v) is 8.67. The van der Waals surface area contributed by atoms with E-state index < -0.39 is 10.0 Å². The Morgan fingerprint density at radius 3 is 2.61 bits per heavy atom. The minimum atomic E-state index is -3.74. The van der Waals surface area contributed by atoms with Crippen LogP contribution in [0.15, 0.2) is 21.9 Å². The van der Waals surface area contributed by atoms with Crippen LogP contribution in [0.1, 0.15) is 19.8 Å². The van der Waals surface area contributed by atoms with E-state index in [0.717, 1.165) is 12.8 Å². The third kappa shape index (κ3) is 2.93. The van der Waals surface area contributed by atoms with Crippen LogP contribution in [0.2, 0.25) is 0 Å². The fraction of sp³-hybridized carbons (Fsp3) is 0.500. The maximum Gasteiger partial charge on any atom is 0.246 e. The van der Waals surface area contributed by atoms with Crippen LogP contribution >= 0.6 is 0 Å². The average molecular weight is 406 g/mol. The summed E-state index contributed by atoms with van der Waals surface area (Å²) in [6.45, 7) is 3.80. The van der Waals surface area contributed by atoms with Gasteiger partial charge < -0.3 is 16.0 Å². The second-order valence-electron chi connectivity index (χ2n) is 6.77. The molecule has 11 nitrogen and oxygen atoms in total. The van der Waals surface area contributed by atoms with Crippen LogP contribution in [-0.2, 0) is 16.6 Å². The molecule has 0 unspecified atom stereocenters. The van der Waals surface area contributed by atoms with Crippen molar-refractivity contribution in [3.05, 3.63) is 12.4 Å². The lowest BCUT2D eigenvalue weighted by Crippen LogP contribution is -2.40. The number of piperidine rings is 1. The van der Waals surface area contributed by atoms with Crippen molar-refractivity contribution >= 4 is 26.9 Å². The van der Waals surface area contributed by atoms with Gasteiger partial charge in [-0.05, 0) is 42.5 Å². The van der Waals surface area contributed by atoms with Gasteiger partial charge in [0.05, 0.1) is 11.7 Å². The number of aryl methyl sites for hydroxylation is 1. The summed E-state index contributed by atoms with van der Waals surface area (Å²) >= 11 is 0. The van der Waals surface area contributed by atoms with Crippen LogP contribution in [0.25, 0.3) is 22.6 Å². The Morgan fingerprint density at radius 2 is 2.00 bits per heavy atom. The van der Waals surface area contributed by atoms with Gasteiger partial charge in [-0.25, -0.2) is 18.0 Å².